The van der Waals surface area contributed by atoms with Crippen LogP contribution in [0.4, 0.5) is 0 Å². The van der Waals surface area contributed by atoms with Crippen LogP contribution in [-0.4, -0.2) is 55.6 Å². The van der Waals surface area contributed by atoms with Gasteiger partial charge in [0.2, 0.25) is 0 Å². The number of nitrogens with zero attached hydrogens (tertiary/aromatic N) is 1. The van der Waals surface area contributed by atoms with Gasteiger partial charge < -0.3 is 14.6 Å². The van der Waals surface area contributed by atoms with Gasteiger partial charge in [-0.3, -0.25) is 4.90 Å². The van der Waals surface area contributed by atoms with Crippen LogP contribution < -0.4 is 0 Å². The van der Waals surface area contributed by atoms with Gasteiger partial charge in [0.25, 0.3) is 0 Å². The van der Waals surface area contributed by atoms with Crippen LogP contribution in [0.1, 0.15) is 30.5 Å². The SMILES string of the molecule is Cc1cc(C)cc(CN(C)CC(O)COCCOC(C)C)c1. The fourth-order valence-electron chi connectivity index (χ4n) is 2.51. The van der Waals surface area contributed by atoms with Crippen molar-refractivity contribution < 1.29 is 14.6 Å². The standard InChI is InChI=1S/C18H31NO3/c1-14(2)22-7-6-21-13-18(20)12-19(5)11-17-9-15(3)8-16(4)10-17/h8-10,14,18,20H,6-7,11-13H2,1-5H3. The molecule has 0 aromatic heterocycles. The third-order valence-electron chi connectivity index (χ3n) is 3.25. The van der Waals surface area contributed by atoms with Crippen molar-refractivity contribution in [3.05, 3.63) is 34.9 Å². The second-order valence-electron chi connectivity index (χ2n) is 6.34. The summed E-state index contributed by atoms with van der Waals surface area (Å²) in [7, 11) is 2.02. The first-order chi connectivity index (χ1) is 10.4. The predicted octanol–water partition coefficient (Wildman–Crippen LogP) is 2.54. The molecule has 0 spiro atoms. The Morgan fingerprint density at radius 1 is 1.09 bits per heavy atom. The van der Waals surface area contributed by atoms with Gasteiger partial charge in [-0.1, -0.05) is 29.3 Å². The summed E-state index contributed by atoms with van der Waals surface area (Å²) in [5.41, 5.74) is 3.83. The van der Waals surface area contributed by atoms with Gasteiger partial charge in [0.1, 0.15) is 0 Å². The van der Waals surface area contributed by atoms with Crippen molar-refractivity contribution in [2.45, 2.75) is 46.4 Å². The maximum atomic E-state index is 10.0. The molecule has 0 aliphatic heterocycles. The first-order valence-corrected chi connectivity index (χ1v) is 8.00. The Morgan fingerprint density at radius 3 is 2.32 bits per heavy atom. The fourth-order valence-corrected chi connectivity index (χ4v) is 2.51. The summed E-state index contributed by atoms with van der Waals surface area (Å²) >= 11 is 0. The van der Waals surface area contributed by atoms with Crippen molar-refractivity contribution in [3.63, 3.8) is 0 Å². The van der Waals surface area contributed by atoms with Crippen molar-refractivity contribution >= 4 is 0 Å². The molecule has 4 heteroatoms. The van der Waals surface area contributed by atoms with Gasteiger partial charge >= 0.3 is 0 Å². The molecule has 22 heavy (non-hydrogen) atoms. The van der Waals surface area contributed by atoms with Crippen LogP contribution in [0.5, 0.6) is 0 Å². The Labute approximate surface area is 135 Å². The summed E-state index contributed by atoms with van der Waals surface area (Å²) < 4.78 is 10.8. The molecule has 1 atom stereocenters. The van der Waals surface area contributed by atoms with E-state index in [1.165, 1.54) is 16.7 Å². The molecule has 0 amide bonds. The van der Waals surface area contributed by atoms with Crippen LogP contribution in [0, 0.1) is 13.8 Å². The number of benzene rings is 1. The summed E-state index contributed by atoms with van der Waals surface area (Å²) in [6.07, 6.45) is -0.257. The lowest BCUT2D eigenvalue weighted by Gasteiger charge is -2.21. The Kier molecular flexibility index (Phi) is 8.64. The summed E-state index contributed by atoms with van der Waals surface area (Å²) in [6.45, 7) is 11.1. The van der Waals surface area contributed by atoms with E-state index in [1.807, 2.05) is 20.9 Å². The first kappa shape index (κ1) is 19.1. The predicted molar refractivity (Wildman–Crippen MR) is 90.2 cm³/mol. The molecule has 0 fully saturated rings. The van der Waals surface area contributed by atoms with Crippen molar-refractivity contribution in [1.82, 2.24) is 4.90 Å². The highest BCUT2D eigenvalue weighted by Crippen LogP contribution is 2.11. The second kappa shape index (κ2) is 9.95. The maximum absolute atomic E-state index is 10.0. The Hall–Kier alpha value is -0.940. The van der Waals surface area contributed by atoms with Gasteiger partial charge in [-0.05, 0) is 40.3 Å². The molecular formula is C18H31NO3. The topological polar surface area (TPSA) is 41.9 Å². The molecular weight excluding hydrogens is 278 g/mol. The molecule has 1 N–H and O–H groups in total. The minimum atomic E-state index is -0.477. The zero-order chi connectivity index (χ0) is 16.5. The number of hydrogen-bond donors (Lipinski definition) is 1. The first-order valence-electron chi connectivity index (χ1n) is 8.00. The average molecular weight is 309 g/mol. The van der Waals surface area contributed by atoms with E-state index < -0.39 is 6.10 Å². The van der Waals surface area contributed by atoms with E-state index in [0.29, 0.717) is 26.4 Å². The fraction of sp³-hybridized carbons (Fsp3) is 0.667. The highest BCUT2D eigenvalue weighted by molar-refractivity contribution is 5.28. The molecule has 0 aliphatic carbocycles. The maximum Gasteiger partial charge on any atom is 0.0900 e. The van der Waals surface area contributed by atoms with Gasteiger partial charge in [0, 0.05) is 13.1 Å². The quantitative estimate of drug-likeness (QED) is 0.675. The van der Waals surface area contributed by atoms with Gasteiger partial charge in [-0.2, -0.15) is 0 Å². The number of aliphatic hydroxyl groups is 1. The van der Waals surface area contributed by atoms with Gasteiger partial charge in [0.15, 0.2) is 0 Å². The number of aryl methyl sites for hydroxylation is 2. The number of likely N-dealkylation sites (N-methyl/N-ethyl adjacent to an activating group) is 1. The van der Waals surface area contributed by atoms with Crippen LogP contribution in [-0.2, 0) is 16.0 Å². The lowest BCUT2D eigenvalue weighted by atomic mass is 10.1. The molecule has 0 radical (unpaired) electrons. The molecule has 1 aromatic rings. The van der Waals surface area contributed by atoms with Crippen molar-refractivity contribution in [3.8, 4) is 0 Å². The van der Waals surface area contributed by atoms with Crippen molar-refractivity contribution in [2.75, 3.05) is 33.4 Å². The molecule has 1 aromatic carbocycles. The van der Waals surface area contributed by atoms with Gasteiger partial charge in [0.05, 0.1) is 32.0 Å². The molecule has 0 aliphatic rings. The van der Waals surface area contributed by atoms with E-state index in [4.69, 9.17) is 9.47 Å². The summed E-state index contributed by atoms with van der Waals surface area (Å²) in [4.78, 5) is 2.12. The van der Waals surface area contributed by atoms with Crippen molar-refractivity contribution in [2.24, 2.45) is 0 Å². The molecule has 126 valence electrons. The lowest BCUT2D eigenvalue weighted by molar-refractivity contribution is -0.0174. The second-order valence-corrected chi connectivity index (χ2v) is 6.34. The van der Waals surface area contributed by atoms with E-state index >= 15 is 0 Å². The molecule has 4 nitrogen and oxygen atoms in total. The third-order valence-corrected chi connectivity index (χ3v) is 3.25. The Morgan fingerprint density at radius 2 is 1.73 bits per heavy atom. The summed E-state index contributed by atoms with van der Waals surface area (Å²) in [6, 6.07) is 6.55. The number of hydrogen-bond acceptors (Lipinski definition) is 4. The smallest absolute Gasteiger partial charge is 0.0900 e. The molecule has 1 rings (SSSR count). The lowest BCUT2D eigenvalue weighted by Crippen LogP contribution is -2.32. The van der Waals surface area contributed by atoms with Crippen LogP contribution in [0.15, 0.2) is 18.2 Å². The van der Waals surface area contributed by atoms with E-state index in [-0.39, 0.29) is 6.10 Å². The Balaban J connectivity index is 2.24. The highest BCUT2D eigenvalue weighted by Gasteiger charge is 2.09. The zero-order valence-corrected chi connectivity index (χ0v) is 14.6. The monoisotopic (exact) mass is 309 g/mol. The molecule has 0 saturated carbocycles. The molecule has 0 bridgehead atoms. The van der Waals surface area contributed by atoms with E-state index in [0.717, 1.165) is 6.54 Å². The van der Waals surface area contributed by atoms with Gasteiger partial charge in [-0.15, -0.1) is 0 Å². The van der Waals surface area contributed by atoms with E-state index in [9.17, 15) is 5.11 Å². The molecule has 0 saturated heterocycles. The van der Waals surface area contributed by atoms with E-state index in [1.54, 1.807) is 0 Å². The van der Waals surface area contributed by atoms with Crippen LogP contribution >= 0.6 is 0 Å². The van der Waals surface area contributed by atoms with Crippen molar-refractivity contribution in [1.29, 1.82) is 0 Å². The highest BCUT2D eigenvalue weighted by atomic mass is 16.5. The molecule has 0 heterocycles. The largest absolute Gasteiger partial charge is 0.389 e. The Bertz CT molecular complexity index is 414. The summed E-state index contributed by atoms with van der Waals surface area (Å²) in [5.74, 6) is 0. The average Bonchev–Trinajstić information content (AvgIpc) is 2.36. The van der Waals surface area contributed by atoms with Crippen LogP contribution in [0.3, 0.4) is 0 Å². The zero-order valence-electron chi connectivity index (χ0n) is 14.6. The number of rotatable bonds is 10. The van der Waals surface area contributed by atoms with E-state index in [2.05, 4.69) is 36.9 Å². The third kappa shape index (κ3) is 8.49. The van der Waals surface area contributed by atoms with Gasteiger partial charge in [-0.25, -0.2) is 0 Å². The van der Waals surface area contributed by atoms with Crippen LogP contribution in [0.25, 0.3) is 0 Å². The normalized spacial score (nSPS) is 13.1. The minimum Gasteiger partial charge on any atom is -0.389 e. The number of aliphatic hydroxyl groups excluding tert-OH is 1. The minimum absolute atomic E-state index is 0.220. The van der Waals surface area contributed by atoms with Crippen LogP contribution in [0.2, 0.25) is 0 Å². The molecule has 1 unspecified atom stereocenters. The summed E-state index contributed by atoms with van der Waals surface area (Å²) in [5, 5.41) is 10.0. The number of ether oxygens (including phenoxy) is 2.